The molecule has 0 saturated carbocycles. The molecule has 0 atom stereocenters. The van der Waals surface area contributed by atoms with Gasteiger partial charge in [0.05, 0.1) is 7.11 Å². The minimum Gasteiger partial charge on any atom is -0.497 e. The number of nitrogens with one attached hydrogen (secondary N) is 1. The largest absolute Gasteiger partial charge is 0.497 e. The minimum absolute atomic E-state index is 0.0337. The third kappa shape index (κ3) is 2.98. The van der Waals surface area contributed by atoms with E-state index in [0.717, 1.165) is 21.6 Å². The van der Waals surface area contributed by atoms with Crippen molar-refractivity contribution in [2.45, 2.75) is 26.2 Å². The zero-order valence-corrected chi connectivity index (χ0v) is 11.8. The number of rotatable bonds is 3. The van der Waals surface area contributed by atoms with Crippen LogP contribution in [0.15, 0.2) is 24.3 Å². The molecule has 2 rings (SSSR count). The van der Waals surface area contributed by atoms with Gasteiger partial charge in [-0.05, 0) is 12.1 Å². The molecule has 0 spiro atoms. The third-order valence-electron chi connectivity index (χ3n) is 2.39. The van der Waals surface area contributed by atoms with Gasteiger partial charge in [0.15, 0.2) is 0 Å². The highest BCUT2D eigenvalue weighted by Crippen LogP contribution is 2.29. The van der Waals surface area contributed by atoms with Crippen LogP contribution in [0.3, 0.4) is 0 Å². The number of benzene rings is 1. The average molecular weight is 263 g/mol. The first kappa shape index (κ1) is 12.8. The molecule has 0 radical (unpaired) electrons. The smallest absolute Gasteiger partial charge is 0.210 e. The Morgan fingerprint density at radius 2 is 2.00 bits per heavy atom. The first-order valence-electron chi connectivity index (χ1n) is 5.74. The van der Waals surface area contributed by atoms with Crippen LogP contribution in [0.5, 0.6) is 5.75 Å². The normalized spacial score (nSPS) is 11.3. The van der Waals surface area contributed by atoms with Crippen LogP contribution < -0.4 is 10.1 Å². The van der Waals surface area contributed by atoms with Gasteiger partial charge in [-0.3, -0.25) is 0 Å². The summed E-state index contributed by atoms with van der Waals surface area (Å²) in [5.41, 5.74) is 0.984. The molecule has 0 bridgehead atoms. The van der Waals surface area contributed by atoms with E-state index in [-0.39, 0.29) is 5.41 Å². The first-order valence-corrected chi connectivity index (χ1v) is 6.56. The van der Waals surface area contributed by atoms with Gasteiger partial charge in [0, 0.05) is 17.2 Å². The minimum atomic E-state index is 0.0337. The van der Waals surface area contributed by atoms with Crippen LogP contribution >= 0.6 is 11.3 Å². The van der Waals surface area contributed by atoms with Gasteiger partial charge in [-0.15, -0.1) is 10.2 Å². The Balaban J connectivity index is 2.16. The van der Waals surface area contributed by atoms with E-state index in [9.17, 15) is 0 Å². The molecule has 0 fully saturated rings. The summed E-state index contributed by atoms with van der Waals surface area (Å²) in [6, 6.07) is 7.75. The second-order valence-electron chi connectivity index (χ2n) is 5.02. The molecule has 96 valence electrons. The highest BCUT2D eigenvalue weighted by Gasteiger charge is 2.19. The van der Waals surface area contributed by atoms with E-state index < -0.39 is 0 Å². The lowest BCUT2D eigenvalue weighted by Crippen LogP contribution is -2.10. The number of anilines is 2. The highest BCUT2D eigenvalue weighted by atomic mass is 32.1. The van der Waals surface area contributed by atoms with Gasteiger partial charge in [0.25, 0.3) is 0 Å². The Bertz CT molecular complexity index is 531. The molecule has 4 nitrogen and oxygen atoms in total. The summed E-state index contributed by atoms with van der Waals surface area (Å²) in [5.74, 6) is 0.820. The van der Waals surface area contributed by atoms with Gasteiger partial charge in [0.2, 0.25) is 5.13 Å². The van der Waals surface area contributed by atoms with Gasteiger partial charge >= 0.3 is 0 Å². The second-order valence-corrected chi connectivity index (χ2v) is 6.00. The molecule has 0 aliphatic carbocycles. The van der Waals surface area contributed by atoms with Crippen molar-refractivity contribution in [2.24, 2.45) is 0 Å². The molecular weight excluding hydrogens is 246 g/mol. The predicted molar refractivity (Wildman–Crippen MR) is 74.9 cm³/mol. The summed E-state index contributed by atoms with van der Waals surface area (Å²) in [7, 11) is 1.65. The Hall–Kier alpha value is -1.62. The fourth-order valence-electron chi connectivity index (χ4n) is 1.40. The number of methoxy groups -OCH3 is 1. The Morgan fingerprint density at radius 3 is 2.61 bits per heavy atom. The van der Waals surface area contributed by atoms with Gasteiger partial charge in [-0.1, -0.05) is 38.2 Å². The van der Waals surface area contributed by atoms with E-state index in [2.05, 4.69) is 36.3 Å². The van der Waals surface area contributed by atoms with Crippen molar-refractivity contribution in [1.82, 2.24) is 10.2 Å². The number of aromatic nitrogens is 2. The fourth-order valence-corrected chi connectivity index (χ4v) is 2.22. The molecule has 0 saturated heterocycles. The summed E-state index contributed by atoms with van der Waals surface area (Å²) < 4.78 is 5.18. The number of hydrogen-bond acceptors (Lipinski definition) is 5. The Kier molecular flexibility index (Phi) is 3.52. The van der Waals surface area contributed by atoms with E-state index in [4.69, 9.17) is 4.74 Å². The van der Waals surface area contributed by atoms with E-state index in [1.807, 2.05) is 24.3 Å². The van der Waals surface area contributed by atoms with Crippen molar-refractivity contribution in [3.63, 3.8) is 0 Å². The van der Waals surface area contributed by atoms with Crippen LogP contribution in [-0.4, -0.2) is 17.3 Å². The second kappa shape index (κ2) is 4.94. The highest BCUT2D eigenvalue weighted by molar-refractivity contribution is 7.15. The van der Waals surface area contributed by atoms with Gasteiger partial charge in [-0.25, -0.2) is 0 Å². The summed E-state index contributed by atoms with van der Waals surface area (Å²) in [5, 5.41) is 13.4. The number of ether oxygens (including phenoxy) is 1. The fraction of sp³-hybridized carbons (Fsp3) is 0.385. The quantitative estimate of drug-likeness (QED) is 0.919. The van der Waals surface area contributed by atoms with Crippen molar-refractivity contribution in [1.29, 1.82) is 0 Å². The molecular formula is C13H17N3OS. The van der Waals surface area contributed by atoms with Gasteiger partial charge in [0.1, 0.15) is 10.8 Å². The molecule has 2 aromatic rings. The maximum Gasteiger partial charge on any atom is 0.210 e. The molecule has 1 aromatic carbocycles. The summed E-state index contributed by atoms with van der Waals surface area (Å²) in [6.07, 6.45) is 0. The number of hydrogen-bond donors (Lipinski definition) is 1. The lowest BCUT2D eigenvalue weighted by Gasteiger charge is -2.12. The number of nitrogens with zero attached hydrogens (tertiary/aromatic N) is 2. The van der Waals surface area contributed by atoms with Crippen LogP contribution in [-0.2, 0) is 5.41 Å². The van der Waals surface area contributed by atoms with Crippen molar-refractivity contribution < 1.29 is 4.74 Å². The van der Waals surface area contributed by atoms with Gasteiger partial charge in [-0.2, -0.15) is 0 Å². The lowest BCUT2D eigenvalue weighted by molar-refractivity contribution is 0.415. The maximum atomic E-state index is 5.18. The Labute approximate surface area is 111 Å². The van der Waals surface area contributed by atoms with Crippen molar-refractivity contribution in [3.05, 3.63) is 29.3 Å². The SMILES string of the molecule is COc1cccc(Nc2nnc(C(C)(C)C)s2)c1. The molecule has 18 heavy (non-hydrogen) atoms. The Morgan fingerprint density at radius 1 is 1.22 bits per heavy atom. The van der Waals surface area contributed by atoms with Crippen molar-refractivity contribution in [2.75, 3.05) is 12.4 Å². The standard InChI is InChI=1S/C13H17N3OS/c1-13(2,3)11-15-16-12(18-11)14-9-6-5-7-10(8-9)17-4/h5-8H,1-4H3,(H,14,16). The van der Waals surface area contributed by atoms with Crippen LogP contribution in [0.25, 0.3) is 0 Å². The van der Waals surface area contributed by atoms with Crippen LogP contribution in [0, 0.1) is 0 Å². The maximum absolute atomic E-state index is 5.18. The molecule has 1 aromatic heterocycles. The van der Waals surface area contributed by atoms with Crippen molar-refractivity contribution >= 4 is 22.2 Å². The summed E-state index contributed by atoms with van der Waals surface area (Å²) in [6.45, 7) is 6.38. The van der Waals surface area contributed by atoms with E-state index >= 15 is 0 Å². The van der Waals surface area contributed by atoms with Crippen LogP contribution in [0.2, 0.25) is 0 Å². The molecule has 0 aliphatic heterocycles. The zero-order chi connectivity index (χ0) is 13.2. The van der Waals surface area contributed by atoms with Gasteiger partial charge < -0.3 is 10.1 Å². The zero-order valence-electron chi connectivity index (χ0n) is 11.0. The average Bonchev–Trinajstić information content (AvgIpc) is 2.77. The summed E-state index contributed by atoms with van der Waals surface area (Å²) in [4.78, 5) is 0. The van der Waals surface area contributed by atoms with Crippen LogP contribution in [0.4, 0.5) is 10.8 Å². The monoisotopic (exact) mass is 263 g/mol. The third-order valence-corrected chi connectivity index (χ3v) is 3.65. The molecule has 0 unspecified atom stereocenters. The summed E-state index contributed by atoms with van der Waals surface area (Å²) >= 11 is 1.57. The van der Waals surface area contributed by atoms with E-state index in [0.29, 0.717) is 0 Å². The molecule has 5 heteroatoms. The van der Waals surface area contributed by atoms with Crippen molar-refractivity contribution in [3.8, 4) is 5.75 Å². The van der Waals surface area contributed by atoms with E-state index in [1.165, 1.54) is 0 Å². The molecule has 1 heterocycles. The molecule has 0 amide bonds. The first-order chi connectivity index (χ1) is 8.49. The lowest BCUT2D eigenvalue weighted by atomic mass is 9.98. The predicted octanol–water partition coefficient (Wildman–Crippen LogP) is 3.59. The van der Waals surface area contributed by atoms with Crippen LogP contribution in [0.1, 0.15) is 25.8 Å². The molecule has 0 aliphatic rings. The molecule has 1 N–H and O–H groups in total. The van der Waals surface area contributed by atoms with E-state index in [1.54, 1.807) is 18.4 Å². The topological polar surface area (TPSA) is 47.0 Å².